The van der Waals surface area contributed by atoms with Gasteiger partial charge in [0.25, 0.3) is 0 Å². The number of pyridine rings is 1. The second kappa shape index (κ2) is 3.86. The molecule has 3 heteroatoms. The van der Waals surface area contributed by atoms with Crippen LogP contribution in [0.2, 0.25) is 0 Å². The lowest BCUT2D eigenvalue weighted by atomic mass is 10.0. The van der Waals surface area contributed by atoms with E-state index in [0.29, 0.717) is 5.69 Å². The molecule has 0 aliphatic carbocycles. The Labute approximate surface area is 89.1 Å². The Balaban J connectivity index is 2.49. The van der Waals surface area contributed by atoms with Crippen molar-refractivity contribution in [2.24, 2.45) is 0 Å². The lowest BCUT2D eigenvalue weighted by Gasteiger charge is -2.35. The fourth-order valence-electron chi connectivity index (χ4n) is 1.90. The Bertz CT molecular complexity index is 410. The van der Waals surface area contributed by atoms with Crippen LogP contribution in [0.15, 0.2) is 18.3 Å². The van der Waals surface area contributed by atoms with Gasteiger partial charge >= 0.3 is 0 Å². The monoisotopic (exact) mass is 194 g/mol. The zero-order valence-corrected chi connectivity index (χ0v) is 8.38. The zero-order chi connectivity index (χ0) is 12.6. The van der Waals surface area contributed by atoms with Crippen LogP contribution in [0.1, 0.15) is 30.3 Å². The molecule has 1 aliphatic rings. The molecule has 0 amide bonds. The SMILES string of the molecule is [2H]c1nc(N)c([2H])c(N2CCCCC2C)c1[2H]. The van der Waals surface area contributed by atoms with E-state index in [1.807, 2.05) is 4.90 Å². The van der Waals surface area contributed by atoms with E-state index < -0.39 is 0 Å². The topological polar surface area (TPSA) is 42.1 Å². The zero-order valence-electron chi connectivity index (χ0n) is 11.4. The minimum absolute atomic E-state index is 0.0120. The second-order valence-corrected chi connectivity index (χ2v) is 3.75. The first kappa shape index (κ1) is 6.27. The first-order valence-corrected chi connectivity index (χ1v) is 5.02. The Morgan fingerprint density at radius 3 is 3.29 bits per heavy atom. The molecule has 1 aliphatic heterocycles. The number of nitrogens with two attached hydrogens (primary N) is 1. The molecule has 1 unspecified atom stereocenters. The maximum Gasteiger partial charge on any atom is 0.125 e. The van der Waals surface area contributed by atoms with Crippen LogP contribution in [0.25, 0.3) is 0 Å². The summed E-state index contributed by atoms with van der Waals surface area (Å²) in [5.41, 5.74) is 6.08. The smallest absolute Gasteiger partial charge is 0.125 e. The Morgan fingerprint density at radius 2 is 2.50 bits per heavy atom. The van der Waals surface area contributed by atoms with E-state index in [9.17, 15) is 0 Å². The van der Waals surface area contributed by atoms with Crippen molar-refractivity contribution in [3.05, 3.63) is 18.3 Å². The van der Waals surface area contributed by atoms with Gasteiger partial charge in [-0.05, 0) is 32.2 Å². The van der Waals surface area contributed by atoms with Gasteiger partial charge in [0.15, 0.2) is 0 Å². The van der Waals surface area contributed by atoms with Crippen molar-refractivity contribution in [1.82, 2.24) is 4.98 Å². The van der Waals surface area contributed by atoms with E-state index in [1.165, 1.54) is 6.42 Å². The van der Waals surface area contributed by atoms with Crippen molar-refractivity contribution in [2.45, 2.75) is 32.2 Å². The van der Waals surface area contributed by atoms with Gasteiger partial charge in [-0.15, -0.1) is 0 Å². The van der Waals surface area contributed by atoms with Gasteiger partial charge in [0, 0.05) is 30.5 Å². The van der Waals surface area contributed by atoms with Gasteiger partial charge in [-0.1, -0.05) is 0 Å². The van der Waals surface area contributed by atoms with Crippen molar-refractivity contribution in [2.75, 3.05) is 17.2 Å². The molecule has 1 aromatic rings. The van der Waals surface area contributed by atoms with Gasteiger partial charge < -0.3 is 10.6 Å². The molecule has 0 spiro atoms. The largest absolute Gasteiger partial charge is 0.384 e. The van der Waals surface area contributed by atoms with Crippen LogP contribution in [0.3, 0.4) is 0 Å². The second-order valence-electron chi connectivity index (χ2n) is 3.75. The summed E-state index contributed by atoms with van der Waals surface area (Å²) in [4.78, 5) is 5.71. The number of aromatic nitrogens is 1. The average molecular weight is 194 g/mol. The summed E-state index contributed by atoms with van der Waals surface area (Å²) in [7, 11) is 0. The minimum atomic E-state index is -0.147. The van der Waals surface area contributed by atoms with E-state index in [0.717, 1.165) is 19.4 Å². The third-order valence-corrected chi connectivity index (χ3v) is 2.69. The van der Waals surface area contributed by atoms with E-state index in [1.54, 1.807) is 0 Å². The molecule has 2 rings (SSSR count). The Morgan fingerprint density at radius 1 is 1.64 bits per heavy atom. The number of rotatable bonds is 1. The first-order valence-electron chi connectivity index (χ1n) is 6.52. The summed E-state index contributed by atoms with van der Waals surface area (Å²) >= 11 is 0. The third kappa shape index (κ3) is 1.81. The van der Waals surface area contributed by atoms with Crippen LogP contribution < -0.4 is 10.6 Å². The number of nitrogens with zero attached hydrogens (tertiary/aromatic N) is 2. The lowest BCUT2D eigenvalue weighted by Crippen LogP contribution is -2.37. The van der Waals surface area contributed by atoms with Gasteiger partial charge in [0.05, 0.1) is 4.11 Å². The van der Waals surface area contributed by atoms with Crippen LogP contribution in [0, 0.1) is 0 Å². The number of hydrogen-bond acceptors (Lipinski definition) is 3. The van der Waals surface area contributed by atoms with Crippen molar-refractivity contribution >= 4 is 11.5 Å². The Hall–Kier alpha value is -1.25. The molecule has 1 aromatic heterocycles. The predicted molar refractivity (Wildman–Crippen MR) is 59.3 cm³/mol. The molecular weight excluding hydrogens is 174 g/mol. The molecule has 3 nitrogen and oxygen atoms in total. The van der Waals surface area contributed by atoms with Crippen molar-refractivity contribution in [1.29, 1.82) is 0 Å². The standard InChI is InChI=1S/C11H17N3/c1-9-4-2-3-7-14(9)10-5-6-13-11(12)8-10/h5-6,8-9H,2-4,7H2,1H3,(H2,12,13)/i5D,6D,8D. The molecule has 0 aromatic carbocycles. The van der Waals surface area contributed by atoms with Crippen LogP contribution in [0.4, 0.5) is 11.5 Å². The molecule has 0 saturated carbocycles. The first-order chi connectivity index (χ1) is 8.02. The predicted octanol–water partition coefficient (Wildman–Crippen LogP) is 2.04. The fraction of sp³-hybridized carbons (Fsp3) is 0.545. The van der Waals surface area contributed by atoms with Gasteiger partial charge in [-0.3, -0.25) is 0 Å². The lowest BCUT2D eigenvalue weighted by molar-refractivity contribution is 0.485. The highest BCUT2D eigenvalue weighted by atomic mass is 15.2. The van der Waals surface area contributed by atoms with Gasteiger partial charge in [0.1, 0.15) is 5.82 Å². The van der Waals surface area contributed by atoms with Crippen molar-refractivity contribution < 1.29 is 4.11 Å². The van der Waals surface area contributed by atoms with Gasteiger partial charge in [0.2, 0.25) is 0 Å². The number of piperidine rings is 1. The summed E-state index contributed by atoms with van der Waals surface area (Å²) in [6.45, 7) is 2.90. The van der Waals surface area contributed by atoms with Gasteiger partial charge in [-0.2, -0.15) is 0 Å². The molecule has 14 heavy (non-hydrogen) atoms. The highest BCUT2D eigenvalue weighted by molar-refractivity contribution is 5.52. The summed E-state index contributed by atoms with van der Waals surface area (Å²) in [6.07, 6.45) is 3.13. The van der Waals surface area contributed by atoms with Crippen LogP contribution in [0.5, 0.6) is 0 Å². The average Bonchev–Trinajstić information content (AvgIpc) is 2.29. The van der Waals surface area contributed by atoms with E-state index in [2.05, 4.69) is 11.9 Å². The molecule has 2 heterocycles. The molecule has 76 valence electrons. The molecule has 0 bridgehead atoms. The summed E-state index contributed by atoms with van der Waals surface area (Å²) in [6, 6.07) is 0.385. The van der Waals surface area contributed by atoms with Crippen LogP contribution in [-0.4, -0.2) is 17.6 Å². The maximum atomic E-state index is 7.93. The van der Waals surface area contributed by atoms with Gasteiger partial charge in [-0.25, -0.2) is 4.98 Å². The van der Waals surface area contributed by atoms with Crippen LogP contribution in [-0.2, 0) is 0 Å². The number of hydrogen-bond donors (Lipinski definition) is 1. The fourth-order valence-corrected chi connectivity index (χ4v) is 1.90. The molecule has 2 N–H and O–H groups in total. The summed E-state index contributed by atoms with van der Waals surface area (Å²) < 4.78 is 23.4. The molecule has 0 radical (unpaired) electrons. The number of nitrogen functional groups attached to an aromatic ring is 1. The summed E-state index contributed by atoms with van der Waals surface area (Å²) in [5.74, 6) is 0.0405. The quantitative estimate of drug-likeness (QED) is 0.744. The number of anilines is 2. The van der Waals surface area contributed by atoms with E-state index >= 15 is 0 Å². The van der Waals surface area contributed by atoms with Crippen LogP contribution >= 0.6 is 0 Å². The molecular formula is C11H17N3. The minimum Gasteiger partial charge on any atom is -0.384 e. The van der Waals surface area contributed by atoms with E-state index in [4.69, 9.17) is 9.85 Å². The maximum absolute atomic E-state index is 7.93. The molecule has 1 atom stereocenters. The Kier molecular flexibility index (Phi) is 1.73. The highest BCUT2D eigenvalue weighted by Crippen LogP contribution is 2.24. The van der Waals surface area contributed by atoms with E-state index in [-0.39, 0.29) is 30.1 Å². The third-order valence-electron chi connectivity index (χ3n) is 2.69. The molecule has 1 fully saturated rings. The molecule has 1 saturated heterocycles. The van der Waals surface area contributed by atoms with Crippen molar-refractivity contribution in [3.63, 3.8) is 0 Å². The summed E-state index contributed by atoms with van der Waals surface area (Å²) in [5, 5.41) is 0. The van der Waals surface area contributed by atoms with Crippen molar-refractivity contribution in [3.8, 4) is 0 Å². The highest BCUT2D eigenvalue weighted by Gasteiger charge is 2.18. The normalized spacial score (nSPS) is 25.4.